The number of nitrogens with one attached hydrogen (secondary N) is 1. The fourth-order valence-electron chi connectivity index (χ4n) is 2.57. The van der Waals surface area contributed by atoms with Crippen LogP contribution in [0.1, 0.15) is 52.0 Å². The van der Waals surface area contributed by atoms with Crippen LogP contribution >= 0.6 is 15.9 Å². The van der Waals surface area contributed by atoms with Gasteiger partial charge in [0, 0.05) is 6.04 Å². The summed E-state index contributed by atoms with van der Waals surface area (Å²) in [6.45, 7) is 8.62. The van der Waals surface area contributed by atoms with Crippen LogP contribution < -0.4 is 10.1 Å². The lowest BCUT2D eigenvalue weighted by atomic mass is 9.87. The Morgan fingerprint density at radius 3 is 2.70 bits per heavy atom. The SMILES string of the molecule is CC(C)(C)c1ccc(OCC[C@H]2CCCCN2)c(Br)c1. The van der Waals surface area contributed by atoms with E-state index in [1.807, 2.05) is 0 Å². The number of rotatable bonds is 4. The quantitative estimate of drug-likeness (QED) is 0.861. The van der Waals surface area contributed by atoms with Crippen LogP contribution in [0.5, 0.6) is 5.75 Å². The van der Waals surface area contributed by atoms with Gasteiger partial charge in [-0.25, -0.2) is 0 Å². The lowest BCUT2D eigenvalue weighted by molar-refractivity contribution is 0.267. The first-order chi connectivity index (χ1) is 9.47. The molecule has 1 aliphatic heterocycles. The van der Waals surface area contributed by atoms with E-state index in [1.54, 1.807) is 0 Å². The second-order valence-electron chi connectivity index (χ2n) is 6.68. The first-order valence-electron chi connectivity index (χ1n) is 7.63. The van der Waals surface area contributed by atoms with Gasteiger partial charge in [-0.1, -0.05) is 33.3 Å². The van der Waals surface area contributed by atoms with Gasteiger partial charge in [-0.2, -0.15) is 0 Å². The summed E-state index contributed by atoms with van der Waals surface area (Å²) >= 11 is 3.63. The summed E-state index contributed by atoms with van der Waals surface area (Å²) in [5.74, 6) is 0.953. The third kappa shape index (κ3) is 4.49. The zero-order valence-electron chi connectivity index (χ0n) is 12.8. The molecule has 3 heteroatoms. The van der Waals surface area contributed by atoms with Gasteiger partial charge in [-0.15, -0.1) is 0 Å². The highest BCUT2D eigenvalue weighted by Crippen LogP contribution is 2.31. The molecule has 2 rings (SSSR count). The van der Waals surface area contributed by atoms with Gasteiger partial charge >= 0.3 is 0 Å². The van der Waals surface area contributed by atoms with Gasteiger partial charge in [0.15, 0.2) is 0 Å². The van der Waals surface area contributed by atoms with Crippen LogP contribution in [-0.4, -0.2) is 19.2 Å². The maximum Gasteiger partial charge on any atom is 0.133 e. The van der Waals surface area contributed by atoms with Crippen LogP contribution in [0, 0.1) is 0 Å². The van der Waals surface area contributed by atoms with E-state index in [1.165, 1.54) is 24.8 Å². The van der Waals surface area contributed by atoms with Crippen LogP contribution in [0.3, 0.4) is 0 Å². The van der Waals surface area contributed by atoms with E-state index in [0.29, 0.717) is 6.04 Å². The average molecular weight is 340 g/mol. The molecule has 1 N–H and O–H groups in total. The van der Waals surface area contributed by atoms with E-state index in [0.717, 1.165) is 29.8 Å². The summed E-state index contributed by atoms with van der Waals surface area (Å²) in [4.78, 5) is 0. The highest BCUT2D eigenvalue weighted by Gasteiger charge is 2.16. The number of piperidine rings is 1. The van der Waals surface area contributed by atoms with Gasteiger partial charge < -0.3 is 10.1 Å². The van der Waals surface area contributed by atoms with Crippen LogP contribution in [0.2, 0.25) is 0 Å². The molecule has 1 fully saturated rings. The molecule has 0 aromatic heterocycles. The second kappa shape index (κ2) is 6.95. The Morgan fingerprint density at radius 1 is 1.30 bits per heavy atom. The Hall–Kier alpha value is -0.540. The number of ether oxygens (including phenoxy) is 1. The Morgan fingerprint density at radius 2 is 2.10 bits per heavy atom. The average Bonchev–Trinajstić information content (AvgIpc) is 2.40. The number of hydrogen-bond donors (Lipinski definition) is 1. The molecule has 0 saturated carbocycles. The van der Waals surface area contributed by atoms with Crippen molar-refractivity contribution in [2.45, 2.75) is 57.9 Å². The molecule has 20 heavy (non-hydrogen) atoms. The fourth-order valence-corrected chi connectivity index (χ4v) is 3.06. The van der Waals surface area contributed by atoms with Gasteiger partial charge in [0.2, 0.25) is 0 Å². The van der Waals surface area contributed by atoms with Crippen LogP contribution in [0.25, 0.3) is 0 Å². The summed E-state index contributed by atoms with van der Waals surface area (Å²) in [5, 5.41) is 3.56. The molecule has 0 aliphatic carbocycles. The lowest BCUT2D eigenvalue weighted by Gasteiger charge is -2.24. The molecule has 1 aliphatic rings. The molecule has 0 bridgehead atoms. The van der Waals surface area contributed by atoms with E-state index in [4.69, 9.17) is 4.74 Å². The Labute approximate surface area is 131 Å². The van der Waals surface area contributed by atoms with E-state index in [2.05, 4.69) is 60.2 Å². The minimum Gasteiger partial charge on any atom is -0.492 e. The van der Waals surface area contributed by atoms with Gasteiger partial charge in [-0.05, 0) is 64.8 Å². The second-order valence-corrected chi connectivity index (χ2v) is 7.53. The number of hydrogen-bond acceptors (Lipinski definition) is 2. The van der Waals surface area contributed by atoms with Crippen molar-refractivity contribution in [3.05, 3.63) is 28.2 Å². The standard InChI is InChI=1S/C17H26BrNO/c1-17(2,3)13-7-8-16(15(18)12-13)20-11-9-14-6-4-5-10-19-14/h7-8,12,14,19H,4-6,9-11H2,1-3H3/t14-/m1/s1. The summed E-state index contributed by atoms with van der Waals surface area (Å²) in [7, 11) is 0. The summed E-state index contributed by atoms with van der Waals surface area (Å²) in [6.07, 6.45) is 5.04. The van der Waals surface area contributed by atoms with Crippen molar-refractivity contribution in [2.75, 3.05) is 13.2 Å². The van der Waals surface area contributed by atoms with Crippen molar-refractivity contribution in [3.8, 4) is 5.75 Å². The molecular weight excluding hydrogens is 314 g/mol. The van der Waals surface area contributed by atoms with Crippen LogP contribution in [0.4, 0.5) is 0 Å². The largest absolute Gasteiger partial charge is 0.492 e. The molecule has 112 valence electrons. The van der Waals surface area contributed by atoms with Crippen molar-refractivity contribution in [1.29, 1.82) is 0 Å². The van der Waals surface area contributed by atoms with Gasteiger partial charge in [0.1, 0.15) is 5.75 Å². The van der Waals surface area contributed by atoms with E-state index >= 15 is 0 Å². The van der Waals surface area contributed by atoms with Crippen molar-refractivity contribution in [1.82, 2.24) is 5.32 Å². The van der Waals surface area contributed by atoms with E-state index in [9.17, 15) is 0 Å². The Balaban J connectivity index is 1.86. The molecule has 1 atom stereocenters. The molecule has 0 amide bonds. The predicted octanol–water partition coefficient (Wildman–Crippen LogP) is 4.66. The Bertz CT molecular complexity index is 433. The first kappa shape index (κ1) is 15.8. The maximum atomic E-state index is 5.92. The van der Waals surface area contributed by atoms with E-state index in [-0.39, 0.29) is 5.41 Å². The third-order valence-electron chi connectivity index (χ3n) is 3.93. The normalized spacial score (nSPS) is 19.9. The maximum absolute atomic E-state index is 5.92. The zero-order chi connectivity index (χ0) is 14.6. The molecule has 1 heterocycles. The molecule has 1 aromatic rings. The fraction of sp³-hybridized carbons (Fsp3) is 0.647. The van der Waals surface area contributed by atoms with Crippen molar-refractivity contribution in [2.24, 2.45) is 0 Å². The van der Waals surface area contributed by atoms with Crippen molar-refractivity contribution >= 4 is 15.9 Å². The summed E-state index contributed by atoms with van der Waals surface area (Å²) in [5.41, 5.74) is 1.50. The van der Waals surface area contributed by atoms with Gasteiger partial charge in [0.05, 0.1) is 11.1 Å². The smallest absolute Gasteiger partial charge is 0.133 e. The monoisotopic (exact) mass is 339 g/mol. The molecule has 2 nitrogen and oxygen atoms in total. The van der Waals surface area contributed by atoms with Crippen LogP contribution in [0.15, 0.2) is 22.7 Å². The van der Waals surface area contributed by atoms with Gasteiger partial charge in [0.25, 0.3) is 0 Å². The molecule has 1 saturated heterocycles. The number of benzene rings is 1. The zero-order valence-corrected chi connectivity index (χ0v) is 14.4. The number of halogens is 1. The van der Waals surface area contributed by atoms with Crippen molar-refractivity contribution < 1.29 is 4.74 Å². The summed E-state index contributed by atoms with van der Waals surface area (Å²) < 4.78 is 6.98. The topological polar surface area (TPSA) is 21.3 Å². The molecule has 1 aromatic carbocycles. The third-order valence-corrected chi connectivity index (χ3v) is 4.55. The lowest BCUT2D eigenvalue weighted by Crippen LogP contribution is -2.35. The predicted molar refractivity (Wildman–Crippen MR) is 88.6 cm³/mol. The highest BCUT2D eigenvalue weighted by molar-refractivity contribution is 9.10. The molecular formula is C17H26BrNO. The van der Waals surface area contributed by atoms with E-state index < -0.39 is 0 Å². The first-order valence-corrected chi connectivity index (χ1v) is 8.42. The van der Waals surface area contributed by atoms with Gasteiger partial charge in [-0.3, -0.25) is 0 Å². The minimum atomic E-state index is 0.174. The molecule has 0 unspecified atom stereocenters. The Kier molecular flexibility index (Phi) is 5.50. The molecule has 0 spiro atoms. The summed E-state index contributed by atoms with van der Waals surface area (Å²) in [6, 6.07) is 7.06. The highest BCUT2D eigenvalue weighted by atomic mass is 79.9. The van der Waals surface area contributed by atoms with Crippen LogP contribution in [-0.2, 0) is 5.41 Å². The minimum absolute atomic E-state index is 0.174. The molecule has 0 radical (unpaired) electrons. The van der Waals surface area contributed by atoms with Crippen molar-refractivity contribution in [3.63, 3.8) is 0 Å².